The van der Waals surface area contributed by atoms with Gasteiger partial charge < -0.3 is 9.72 Å². The molecular weight excluding hydrogens is 242 g/mol. The third-order valence-corrected chi connectivity index (χ3v) is 3.08. The van der Waals surface area contributed by atoms with E-state index in [0.717, 1.165) is 16.5 Å². The average Bonchev–Trinajstić information content (AvgIpc) is 2.81. The van der Waals surface area contributed by atoms with Crippen LogP contribution in [0.3, 0.4) is 0 Å². The van der Waals surface area contributed by atoms with Crippen LogP contribution in [-0.2, 0) is 9.53 Å². The normalized spacial score (nSPS) is 10.9. The third kappa shape index (κ3) is 2.38. The maximum atomic E-state index is 12.0. The highest BCUT2D eigenvalue weighted by atomic mass is 16.5. The van der Waals surface area contributed by atoms with Gasteiger partial charge in [0.15, 0.2) is 0 Å². The fourth-order valence-electron chi connectivity index (χ4n) is 2.15. The van der Waals surface area contributed by atoms with Gasteiger partial charge in [0.05, 0.1) is 12.2 Å². The van der Waals surface area contributed by atoms with Crippen molar-refractivity contribution in [3.8, 4) is 0 Å². The van der Waals surface area contributed by atoms with Crippen LogP contribution in [0.5, 0.6) is 0 Å². The molecule has 1 heterocycles. The lowest BCUT2D eigenvalue weighted by Crippen LogP contribution is -2.17. The van der Waals surface area contributed by atoms with E-state index in [1.807, 2.05) is 18.2 Å². The highest BCUT2D eigenvalue weighted by Gasteiger charge is 2.22. The van der Waals surface area contributed by atoms with Crippen LogP contribution < -0.4 is 0 Å². The van der Waals surface area contributed by atoms with Gasteiger partial charge in [-0.15, -0.1) is 0 Å². The number of hydrogen-bond donors (Lipinski definition) is 1. The van der Waals surface area contributed by atoms with Gasteiger partial charge in [0.2, 0.25) is 0 Å². The van der Waals surface area contributed by atoms with Crippen LogP contribution in [0.1, 0.15) is 42.6 Å². The van der Waals surface area contributed by atoms with Crippen molar-refractivity contribution in [2.24, 2.45) is 0 Å². The monoisotopic (exact) mass is 259 g/mol. The number of ether oxygens (including phenoxy) is 1. The Morgan fingerprint density at radius 1 is 1.32 bits per heavy atom. The first-order valence-electron chi connectivity index (χ1n) is 6.37. The zero-order valence-corrected chi connectivity index (χ0v) is 11.3. The van der Waals surface area contributed by atoms with Crippen molar-refractivity contribution in [1.29, 1.82) is 0 Å². The fourth-order valence-corrected chi connectivity index (χ4v) is 2.15. The molecule has 4 heteroatoms. The minimum absolute atomic E-state index is 0.199. The molecule has 1 aromatic heterocycles. The lowest BCUT2D eigenvalue weighted by atomic mass is 9.99. The largest absolute Gasteiger partial charge is 0.460 e. The molecule has 100 valence electrons. The molecule has 0 bridgehead atoms. The van der Waals surface area contributed by atoms with Gasteiger partial charge in [-0.25, -0.2) is 4.79 Å². The van der Waals surface area contributed by atoms with Crippen LogP contribution in [0.2, 0.25) is 0 Å². The van der Waals surface area contributed by atoms with Gasteiger partial charge in [-0.05, 0) is 18.4 Å². The number of para-hydroxylation sites is 1. The number of carbonyl (C=O) groups is 2. The number of hydrogen-bond acceptors (Lipinski definition) is 3. The quantitative estimate of drug-likeness (QED) is 0.521. The number of fused-ring (bicyclic) bond motifs is 1. The molecule has 2 aromatic rings. The van der Waals surface area contributed by atoms with E-state index in [0.29, 0.717) is 11.5 Å². The SMILES string of the molecule is CCOC(=O)C(=O)c1c[nH]c2c(C(C)C)cccc12. The summed E-state index contributed by atoms with van der Waals surface area (Å²) in [5, 5.41) is 0.768. The first kappa shape index (κ1) is 13.3. The Morgan fingerprint density at radius 2 is 2.05 bits per heavy atom. The van der Waals surface area contributed by atoms with E-state index in [1.54, 1.807) is 13.1 Å². The Balaban J connectivity index is 2.49. The zero-order valence-electron chi connectivity index (χ0n) is 11.3. The second kappa shape index (κ2) is 5.26. The Labute approximate surface area is 111 Å². The predicted molar refractivity (Wildman–Crippen MR) is 73.4 cm³/mol. The number of rotatable bonds is 4. The molecule has 1 N–H and O–H groups in total. The van der Waals surface area contributed by atoms with Crippen LogP contribution in [0.4, 0.5) is 0 Å². The summed E-state index contributed by atoms with van der Waals surface area (Å²) in [6.45, 7) is 6.05. The van der Waals surface area contributed by atoms with Crippen molar-refractivity contribution < 1.29 is 14.3 Å². The number of nitrogens with one attached hydrogen (secondary N) is 1. The molecule has 4 nitrogen and oxygen atoms in total. The van der Waals surface area contributed by atoms with E-state index in [-0.39, 0.29) is 6.61 Å². The molecule has 0 aliphatic carbocycles. The molecule has 1 aromatic carbocycles. The summed E-state index contributed by atoms with van der Waals surface area (Å²) in [7, 11) is 0. The molecule has 0 atom stereocenters. The maximum absolute atomic E-state index is 12.0. The molecule has 19 heavy (non-hydrogen) atoms. The molecule has 0 unspecified atom stereocenters. The van der Waals surface area contributed by atoms with Crippen molar-refractivity contribution in [2.45, 2.75) is 26.7 Å². The van der Waals surface area contributed by atoms with Gasteiger partial charge in [0.1, 0.15) is 0 Å². The molecule has 0 amide bonds. The van der Waals surface area contributed by atoms with Gasteiger partial charge >= 0.3 is 5.97 Å². The van der Waals surface area contributed by atoms with E-state index in [1.165, 1.54) is 0 Å². The average molecular weight is 259 g/mol. The summed E-state index contributed by atoms with van der Waals surface area (Å²) in [6.07, 6.45) is 1.58. The van der Waals surface area contributed by atoms with Crippen molar-refractivity contribution in [2.75, 3.05) is 6.61 Å². The number of esters is 1. The van der Waals surface area contributed by atoms with E-state index < -0.39 is 11.8 Å². The molecule has 0 fully saturated rings. The van der Waals surface area contributed by atoms with Crippen molar-refractivity contribution in [1.82, 2.24) is 4.98 Å². The molecule has 0 spiro atoms. The summed E-state index contributed by atoms with van der Waals surface area (Å²) < 4.78 is 4.75. The van der Waals surface area contributed by atoms with Crippen LogP contribution in [-0.4, -0.2) is 23.3 Å². The summed E-state index contributed by atoms with van der Waals surface area (Å²) in [4.78, 5) is 26.6. The van der Waals surface area contributed by atoms with E-state index >= 15 is 0 Å². The summed E-state index contributed by atoms with van der Waals surface area (Å²) in [5.41, 5.74) is 2.40. The number of carbonyl (C=O) groups excluding carboxylic acids is 2. The summed E-state index contributed by atoms with van der Waals surface area (Å²) >= 11 is 0. The third-order valence-electron chi connectivity index (χ3n) is 3.08. The number of benzene rings is 1. The standard InChI is InChI=1S/C15H17NO3/c1-4-19-15(18)14(17)12-8-16-13-10(9(2)3)6-5-7-11(12)13/h5-9,16H,4H2,1-3H3. The molecule has 0 aliphatic rings. The second-order valence-corrected chi connectivity index (χ2v) is 4.68. The molecule has 0 saturated heterocycles. The van der Waals surface area contributed by atoms with Crippen LogP contribution in [0.25, 0.3) is 10.9 Å². The molecular formula is C15H17NO3. The van der Waals surface area contributed by atoms with Crippen molar-refractivity contribution >= 4 is 22.7 Å². The first-order valence-corrected chi connectivity index (χ1v) is 6.37. The Kier molecular flexibility index (Phi) is 3.69. The van der Waals surface area contributed by atoms with Gasteiger partial charge in [0.25, 0.3) is 5.78 Å². The molecule has 0 saturated carbocycles. The van der Waals surface area contributed by atoms with Crippen LogP contribution in [0.15, 0.2) is 24.4 Å². The number of ketones is 1. The van der Waals surface area contributed by atoms with Crippen molar-refractivity contribution in [3.05, 3.63) is 35.5 Å². The molecule has 2 rings (SSSR count). The van der Waals surface area contributed by atoms with Crippen LogP contribution >= 0.6 is 0 Å². The number of aromatic nitrogens is 1. The maximum Gasteiger partial charge on any atom is 0.379 e. The van der Waals surface area contributed by atoms with Crippen LogP contribution in [0, 0.1) is 0 Å². The summed E-state index contributed by atoms with van der Waals surface area (Å²) in [6, 6.07) is 5.75. The van der Waals surface area contributed by atoms with E-state index in [9.17, 15) is 9.59 Å². The predicted octanol–water partition coefficient (Wildman–Crippen LogP) is 3.04. The second-order valence-electron chi connectivity index (χ2n) is 4.68. The Morgan fingerprint density at radius 3 is 2.68 bits per heavy atom. The zero-order chi connectivity index (χ0) is 14.0. The van der Waals surface area contributed by atoms with Gasteiger partial charge in [-0.1, -0.05) is 32.0 Å². The molecule has 0 radical (unpaired) electrons. The highest BCUT2D eigenvalue weighted by Crippen LogP contribution is 2.27. The minimum atomic E-state index is -0.807. The Hall–Kier alpha value is -2.10. The Bertz CT molecular complexity index is 625. The van der Waals surface area contributed by atoms with Gasteiger partial charge in [-0.2, -0.15) is 0 Å². The number of aromatic amines is 1. The van der Waals surface area contributed by atoms with Gasteiger partial charge in [-0.3, -0.25) is 4.79 Å². The lowest BCUT2D eigenvalue weighted by molar-refractivity contribution is -0.137. The topological polar surface area (TPSA) is 59.2 Å². The lowest BCUT2D eigenvalue weighted by Gasteiger charge is -2.06. The van der Waals surface area contributed by atoms with Crippen molar-refractivity contribution in [3.63, 3.8) is 0 Å². The molecule has 0 aliphatic heterocycles. The smallest absolute Gasteiger partial charge is 0.379 e. The van der Waals surface area contributed by atoms with E-state index in [4.69, 9.17) is 4.74 Å². The fraction of sp³-hybridized carbons (Fsp3) is 0.333. The summed E-state index contributed by atoms with van der Waals surface area (Å²) in [5.74, 6) is -1.07. The number of H-pyrrole nitrogens is 1. The first-order chi connectivity index (χ1) is 9.06. The van der Waals surface area contributed by atoms with Gasteiger partial charge in [0, 0.05) is 17.1 Å². The highest BCUT2D eigenvalue weighted by molar-refractivity contribution is 6.43. The minimum Gasteiger partial charge on any atom is -0.460 e. The number of Topliss-reactive ketones (excluding diaryl/α,β-unsaturated/α-hetero) is 1. The van der Waals surface area contributed by atoms with E-state index in [2.05, 4.69) is 18.8 Å².